The van der Waals surface area contributed by atoms with Crippen molar-refractivity contribution in [2.75, 3.05) is 13.2 Å². The van der Waals surface area contributed by atoms with Crippen LogP contribution >= 0.6 is 15.9 Å². The zero-order chi connectivity index (χ0) is 14.0. The molecule has 1 aliphatic heterocycles. The maximum Gasteiger partial charge on any atom is 0.124 e. The summed E-state index contributed by atoms with van der Waals surface area (Å²) in [5, 5.41) is 3.53. The van der Waals surface area contributed by atoms with Crippen LogP contribution < -0.4 is 5.32 Å². The summed E-state index contributed by atoms with van der Waals surface area (Å²) < 4.78 is 19.8. The van der Waals surface area contributed by atoms with E-state index < -0.39 is 0 Å². The molecule has 0 aromatic heterocycles. The third-order valence-electron chi connectivity index (χ3n) is 3.38. The smallest absolute Gasteiger partial charge is 0.124 e. The molecule has 19 heavy (non-hydrogen) atoms. The van der Waals surface area contributed by atoms with E-state index in [-0.39, 0.29) is 17.5 Å². The first kappa shape index (κ1) is 14.9. The average Bonchev–Trinajstić information content (AvgIpc) is 2.73. The molecule has 0 radical (unpaired) electrons. The molecule has 0 aliphatic carbocycles. The molecule has 1 fully saturated rings. The lowest BCUT2D eigenvalue weighted by atomic mass is 9.94. The Kier molecular flexibility index (Phi) is 4.64. The molecule has 1 aromatic rings. The molecule has 1 aliphatic rings. The van der Waals surface area contributed by atoms with Gasteiger partial charge in [-0.05, 0) is 44.9 Å². The van der Waals surface area contributed by atoms with Crippen LogP contribution in [0.15, 0.2) is 22.7 Å². The molecule has 0 spiro atoms. The van der Waals surface area contributed by atoms with Gasteiger partial charge in [0.1, 0.15) is 5.82 Å². The molecule has 0 saturated carbocycles. The van der Waals surface area contributed by atoms with E-state index in [1.165, 1.54) is 12.1 Å². The summed E-state index contributed by atoms with van der Waals surface area (Å²) in [4.78, 5) is 0. The molecule has 4 heteroatoms. The molecule has 2 unspecified atom stereocenters. The normalized spacial score (nSPS) is 23.8. The van der Waals surface area contributed by atoms with Crippen molar-refractivity contribution >= 4 is 15.9 Å². The second-order valence-corrected chi connectivity index (χ2v) is 6.99. The minimum Gasteiger partial charge on any atom is -0.373 e. The van der Waals surface area contributed by atoms with Crippen LogP contribution in [0.2, 0.25) is 0 Å². The largest absolute Gasteiger partial charge is 0.373 e. The van der Waals surface area contributed by atoms with Crippen LogP contribution in [0.5, 0.6) is 0 Å². The Balaban J connectivity index is 2.10. The number of ether oxygens (including phenoxy) is 1. The van der Waals surface area contributed by atoms with Crippen molar-refractivity contribution < 1.29 is 9.13 Å². The van der Waals surface area contributed by atoms with Gasteiger partial charge < -0.3 is 10.1 Å². The van der Waals surface area contributed by atoms with Crippen molar-refractivity contribution in [1.29, 1.82) is 0 Å². The first-order valence-electron chi connectivity index (χ1n) is 6.68. The van der Waals surface area contributed by atoms with Crippen molar-refractivity contribution in [2.24, 2.45) is 5.92 Å². The average molecular weight is 330 g/mol. The van der Waals surface area contributed by atoms with Crippen LogP contribution in [0.25, 0.3) is 0 Å². The Morgan fingerprint density at radius 1 is 1.42 bits per heavy atom. The number of halogens is 2. The summed E-state index contributed by atoms with van der Waals surface area (Å²) in [6.07, 6.45) is 1.09. The van der Waals surface area contributed by atoms with Gasteiger partial charge in [0, 0.05) is 29.1 Å². The molecule has 2 atom stereocenters. The summed E-state index contributed by atoms with van der Waals surface area (Å²) in [5.41, 5.74) is 1.15. The highest BCUT2D eigenvalue weighted by molar-refractivity contribution is 9.10. The molecule has 1 heterocycles. The van der Waals surface area contributed by atoms with Crippen molar-refractivity contribution in [2.45, 2.75) is 38.8 Å². The van der Waals surface area contributed by atoms with Crippen LogP contribution in [-0.2, 0) is 4.74 Å². The summed E-state index contributed by atoms with van der Waals surface area (Å²) >= 11 is 3.43. The van der Waals surface area contributed by atoms with Gasteiger partial charge >= 0.3 is 0 Å². The first-order valence-corrected chi connectivity index (χ1v) is 7.48. The van der Waals surface area contributed by atoms with Gasteiger partial charge in [0.2, 0.25) is 0 Å². The maximum absolute atomic E-state index is 13.2. The van der Waals surface area contributed by atoms with Crippen LogP contribution in [0.1, 0.15) is 38.9 Å². The highest BCUT2D eigenvalue weighted by Gasteiger charge is 2.31. The Bertz CT molecular complexity index is 444. The van der Waals surface area contributed by atoms with Crippen LogP contribution in [0.3, 0.4) is 0 Å². The fourth-order valence-electron chi connectivity index (χ4n) is 2.36. The number of rotatable bonds is 3. The van der Waals surface area contributed by atoms with Gasteiger partial charge in [-0.1, -0.05) is 22.0 Å². The third-order valence-corrected chi connectivity index (χ3v) is 4.06. The van der Waals surface area contributed by atoms with E-state index in [1.54, 1.807) is 0 Å². The van der Waals surface area contributed by atoms with Crippen LogP contribution in [-0.4, -0.2) is 18.7 Å². The van der Waals surface area contributed by atoms with Gasteiger partial charge in [-0.3, -0.25) is 0 Å². The molecule has 2 nitrogen and oxygen atoms in total. The quantitative estimate of drug-likeness (QED) is 0.903. The van der Waals surface area contributed by atoms with Crippen molar-refractivity contribution in [3.8, 4) is 0 Å². The van der Waals surface area contributed by atoms with Gasteiger partial charge in [-0.2, -0.15) is 0 Å². The van der Waals surface area contributed by atoms with E-state index in [2.05, 4.69) is 42.0 Å². The maximum atomic E-state index is 13.2. The van der Waals surface area contributed by atoms with Crippen LogP contribution in [0, 0.1) is 11.7 Å². The summed E-state index contributed by atoms with van der Waals surface area (Å²) in [5.74, 6) is 0.207. The molecular formula is C15H21BrFNO. The fourth-order valence-corrected chi connectivity index (χ4v) is 2.93. The van der Waals surface area contributed by atoms with Crippen molar-refractivity contribution in [3.05, 3.63) is 34.1 Å². The lowest BCUT2D eigenvalue weighted by Gasteiger charge is -2.26. The van der Waals surface area contributed by atoms with Gasteiger partial charge in [-0.25, -0.2) is 4.39 Å². The standard InChI is InChI=1S/C15H21BrFNO/c1-15(2,3)18-9-10-6-7-19-14(10)12-5-4-11(17)8-13(12)16/h4-5,8,10,14,18H,6-7,9H2,1-3H3. The fraction of sp³-hybridized carbons (Fsp3) is 0.600. The zero-order valence-corrected chi connectivity index (χ0v) is 13.3. The lowest BCUT2D eigenvalue weighted by Crippen LogP contribution is -2.39. The lowest BCUT2D eigenvalue weighted by molar-refractivity contribution is 0.0883. The minimum absolute atomic E-state index is 0.0461. The Morgan fingerprint density at radius 3 is 2.79 bits per heavy atom. The predicted octanol–water partition coefficient (Wildman–Crippen LogP) is 4.05. The van der Waals surface area contributed by atoms with E-state index in [9.17, 15) is 4.39 Å². The SMILES string of the molecule is CC(C)(C)NCC1CCOC1c1ccc(F)cc1Br. The van der Waals surface area contributed by atoms with Crippen LogP contribution in [0.4, 0.5) is 4.39 Å². The van der Waals surface area contributed by atoms with E-state index in [4.69, 9.17) is 4.74 Å². The summed E-state index contributed by atoms with van der Waals surface area (Å²) in [6, 6.07) is 4.82. The molecule has 1 saturated heterocycles. The molecule has 1 aromatic carbocycles. The van der Waals surface area contributed by atoms with E-state index in [0.717, 1.165) is 29.6 Å². The predicted molar refractivity (Wildman–Crippen MR) is 78.7 cm³/mol. The van der Waals surface area contributed by atoms with Gasteiger partial charge in [-0.15, -0.1) is 0 Å². The van der Waals surface area contributed by atoms with Crippen molar-refractivity contribution in [1.82, 2.24) is 5.32 Å². The Morgan fingerprint density at radius 2 is 2.16 bits per heavy atom. The number of nitrogens with one attached hydrogen (secondary N) is 1. The molecule has 106 valence electrons. The molecule has 2 rings (SSSR count). The highest BCUT2D eigenvalue weighted by Crippen LogP contribution is 2.38. The first-order chi connectivity index (χ1) is 8.87. The van der Waals surface area contributed by atoms with E-state index in [0.29, 0.717) is 5.92 Å². The monoisotopic (exact) mass is 329 g/mol. The summed E-state index contributed by atoms with van der Waals surface area (Å²) in [7, 11) is 0. The minimum atomic E-state index is -0.224. The van der Waals surface area contributed by atoms with Gasteiger partial charge in [0.15, 0.2) is 0 Å². The van der Waals surface area contributed by atoms with E-state index >= 15 is 0 Å². The topological polar surface area (TPSA) is 21.3 Å². The van der Waals surface area contributed by atoms with Gasteiger partial charge in [0.25, 0.3) is 0 Å². The zero-order valence-electron chi connectivity index (χ0n) is 11.7. The Labute approximate surface area is 122 Å². The molecule has 0 bridgehead atoms. The van der Waals surface area contributed by atoms with E-state index in [1.807, 2.05) is 6.07 Å². The molecular weight excluding hydrogens is 309 g/mol. The number of benzene rings is 1. The number of hydrogen-bond donors (Lipinski definition) is 1. The second kappa shape index (κ2) is 5.90. The molecule has 0 amide bonds. The second-order valence-electron chi connectivity index (χ2n) is 6.14. The number of hydrogen-bond acceptors (Lipinski definition) is 2. The summed E-state index contributed by atoms with van der Waals surface area (Å²) in [6.45, 7) is 8.16. The third kappa shape index (κ3) is 4.01. The van der Waals surface area contributed by atoms with Crippen molar-refractivity contribution in [3.63, 3.8) is 0 Å². The van der Waals surface area contributed by atoms with Gasteiger partial charge in [0.05, 0.1) is 6.10 Å². The Hall–Kier alpha value is -0.450. The molecule has 1 N–H and O–H groups in total. The highest BCUT2D eigenvalue weighted by atomic mass is 79.9.